The van der Waals surface area contributed by atoms with Crippen molar-refractivity contribution in [3.05, 3.63) is 35.1 Å². The SMILES string of the molecule is Cc1cc(OCC(C)(C)C(=O)O)ncc1-c1cnc(-c2nc(OC(C)C)n[nH]2)c(Cl)c1. The van der Waals surface area contributed by atoms with Crippen LogP contribution < -0.4 is 9.47 Å². The summed E-state index contributed by atoms with van der Waals surface area (Å²) in [5, 5.41) is 16.4. The topological polar surface area (TPSA) is 123 Å². The van der Waals surface area contributed by atoms with Gasteiger partial charge in [0.2, 0.25) is 5.88 Å². The lowest BCUT2D eigenvalue weighted by Crippen LogP contribution is -2.30. The largest absolute Gasteiger partial charge is 0.481 e. The molecule has 9 nitrogen and oxygen atoms in total. The van der Waals surface area contributed by atoms with Crippen molar-refractivity contribution in [1.29, 1.82) is 0 Å². The first-order valence-electron chi connectivity index (χ1n) is 9.65. The number of carbonyl (C=O) groups is 1. The minimum atomic E-state index is -1.01. The number of hydrogen-bond acceptors (Lipinski definition) is 7. The van der Waals surface area contributed by atoms with E-state index in [1.807, 2.05) is 20.8 Å². The molecular weight excluding hydrogens is 422 g/mol. The lowest BCUT2D eigenvalue weighted by molar-refractivity contribution is -0.148. The third-order valence-electron chi connectivity index (χ3n) is 4.43. The molecular formula is C21H24ClN5O4. The molecule has 3 heterocycles. The van der Waals surface area contributed by atoms with Crippen LogP contribution in [0, 0.1) is 12.3 Å². The van der Waals surface area contributed by atoms with E-state index in [1.165, 1.54) is 0 Å². The molecule has 0 spiro atoms. The van der Waals surface area contributed by atoms with E-state index in [-0.39, 0.29) is 18.7 Å². The van der Waals surface area contributed by atoms with E-state index in [2.05, 4.69) is 25.1 Å². The van der Waals surface area contributed by atoms with Crippen molar-refractivity contribution < 1.29 is 19.4 Å². The molecule has 10 heteroatoms. The molecule has 0 amide bonds. The molecule has 0 unspecified atom stereocenters. The molecule has 0 aliphatic heterocycles. The van der Waals surface area contributed by atoms with Crippen LogP contribution in [0.5, 0.6) is 11.9 Å². The van der Waals surface area contributed by atoms with Gasteiger partial charge in [0.25, 0.3) is 0 Å². The minimum Gasteiger partial charge on any atom is -0.481 e. The molecule has 0 aliphatic rings. The number of aliphatic carboxylic acids is 1. The zero-order valence-electron chi connectivity index (χ0n) is 17.9. The number of aryl methyl sites for hydroxylation is 1. The predicted octanol–water partition coefficient (Wildman–Crippen LogP) is 4.17. The molecule has 0 fully saturated rings. The number of rotatable bonds is 8. The molecule has 0 bridgehead atoms. The van der Waals surface area contributed by atoms with Gasteiger partial charge in [-0.05, 0) is 46.2 Å². The average Bonchev–Trinajstić information content (AvgIpc) is 3.13. The normalized spacial score (nSPS) is 11.6. The Kier molecular flexibility index (Phi) is 6.45. The van der Waals surface area contributed by atoms with E-state index in [9.17, 15) is 9.90 Å². The molecule has 0 saturated carbocycles. The van der Waals surface area contributed by atoms with E-state index in [0.717, 1.165) is 16.7 Å². The Hall–Kier alpha value is -3.20. The summed E-state index contributed by atoms with van der Waals surface area (Å²) in [6.45, 7) is 8.87. The first kappa shape index (κ1) is 22.5. The quantitative estimate of drug-likeness (QED) is 0.529. The van der Waals surface area contributed by atoms with E-state index in [4.69, 9.17) is 21.1 Å². The van der Waals surface area contributed by atoms with Crippen molar-refractivity contribution >= 4 is 17.6 Å². The van der Waals surface area contributed by atoms with Gasteiger partial charge in [-0.2, -0.15) is 4.98 Å². The van der Waals surface area contributed by atoms with Crippen LogP contribution in [0.2, 0.25) is 5.02 Å². The number of ether oxygens (including phenoxy) is 2. The third-order valence-corrected chi connectivity index (χ3v) is 4.72. The molecule has 3 aromatic rings. The number of carboxylic acids is 1. The number of nitrogens with one attached hydrogen (secondary N) is 1. The van der Waals surface area contributed by atoms with Crippen molar-refractivity contribution in [2.24, 2.45) is 5.41 Å². The van der Waals surface area contributed by atoms with E-state index in [1.54, 1.807) is 38.4 Å². The summed E-state index contributed by atoms with van der Waals surface area (Å²) in [5.74, 6) is -0.172. The van der Waals surface area contributed by atoms with Crippen LogP contribution in [-0.4, -0.2) is 48.9 Å². The highest BCUT2D eigenvalue weighted by Gasteiger charge is 2.28. The Balaban J connectivity index is 1.79. The van der Waals surface area contributed by atoms with Gasteiger partial charge in [0.15, 0.2) is 5.82 Å². The van der Waals surface area contributed by atoms with Crippen LogP contribution in [0.1, 0.15) is 33.3 Å². The van der Waals surface area contributed by atoms with Crippen molar-refractivity contribution in [2.45, 2.75) is 40.7 Å². The van der Waals surface area contributed by atoms with Crippen molar-refractivity contribution in [1.82, 2.24) is 25.1 Å². The summed E-state index contributed by atoms with van der Waals surface area (Å²) in [7, 11) is 0. The molecule has 2 N–H and O–H groups in total. The van der Waals surface area contributed by atoms with Gasteiger partial charge >= 0.3 is 12.0 Å². The van der Waals surface area contributed by atoms with Gasteiger partial charge < -0.3 is 14.6 Å². The fourth-order valence-corrected chi connectivity index (χ4v) is 2.86. The Bertz CT molecular complexity index is 1100. The molecule has 0 radical (unpaired) electrons. The third kappa shape index (κ3) is 5.29. The predicted molar refractivity (Wildman–Crippen MR) is 115 cm³/mol. The second kappa shape index (κ2) is 8.89. The number of carboxylic acid groups (broad SMARTS) is 1. The van der Waals surface area contributed by atoms with Gasteiger partial charge in [0.05, 0.1) is 16.5 Å². The molecule has 0 aliphatic carbocycles. The number of halogens is 1. The second-order valence-electron chi connectivity index (χ2n) is 8.00. The Morgan fingerprint density at radius 2 is 2.00 bits per heavy atom. The van der Waals surface area contributed by atoms with Gasteiger partial charge in [-0.15, -0.1) is 5.10 Å². The number of H-pyrrole nitrogens is 1. The van der Waals surface area contributed by atoms with Crippen LogP contribution in [0.15, 0.2) is 24.5 Å². The maximum atomic E-state index is 11.2. The number of aromatic nitrogens is 5. The number of aromatic amines is 1. The zero-order chi connectivity index (χ0) is 22.8. The van der Waals surface area contributed by atoms with Gasteiger partial charge in [0.1, 0.15) is 12.3 Å². The summed E-state index contributed by atoms with van der Waals surface area (Å²) >= 11 is 6.45. The van der Waals surface area contributed by atoms with E-state index >= 15 is 0 Å². The smallest absolute Gasteiger partial charge is 0.336 e. The highest BCUT2D eigenvalue weighted by atomic mass is 35.5. The Morgan fingerprint density at radius 1 is 1.26 bits per heavy atom. The summed E-state index contributed by atoms with van der Waals surface area (Å²) in [6.07, 6.45) is 3.27. The molecule has 164 valence electrons. The highest BCUT2D eigenvalue weighted by Crippen LogP contribution is 2.31. The maximum Gasteiger partial charge on any atom is 0.336 e. The first-order valence-corrected chi connectivity index (χ1v) is 10.0. The van der Waals surface area contributed by atoms with E-state index < -0.39 is 11.4 Å². The summed E-state index contributed by atoms with van der Waals surface area (Å²) in [5.41, 5.74) is 1.93. The summed E-state index contributed by atoms with van der Waals surface area (Å²) in [6, 6.07) is 3.75. The fourth-order valence-electron chi connectivity index (χ4n) is 2.60. The monoisotopic (exact) mass is 445 g/mol. The van der Waals surface area contributed by atoms with Crippen molar-refractivity contribution in [3.8, 4) is 34.5 Å². The van der Waals surface area contributed by atoms with Gasteiger partial charge in [-0.25, -0.2) is 4.98 Å². The van der Waals surface area contributed by atoms with E-state index in [0.29, 0.717) is 22.4 Å². The molecule has 3 aromatic heterocycles. The number of nitrogens with zero attached hydrogens (tertiary/aromatic N) is 4. The Labute approximate surface area is 184 Å². The number of pyridine rings is 2. The van der Waals surface area contributed by atoms with Crippen molar-refractivity contribution in [2.75, 3.05) is 6.61 Å². The fraction of sp³-hybridized carbons (Fsp3) is 0.381. The maximum absolute atomic E-state index is 11.2. The lowest BCUT2D eigenvalue weighted by atomic mass is 9.95. The van der Waals surface area contributed by atoms with Crippen LogP contribution in [-0.2, 0) is 4.79 Å². The molecule has 31 heavy (non-hydrogen) atoms. The second-order valence-corrected chi connectivity index (χ2v) is 8.41. The molecule has 0 aromatic carbocycles. The zero-order valence-corrected chi connectivity index (χ0v) is 18.7. The van der Waals surface area contributed by atoms with Crippen LogP contribution in [0.3, 0.4) is 0 Å². The Morgan fingerprint density at radius 3 is 2.61 bits per heavy atom. The molecule has 0 atom stereocenters. The minimum absolute atomic E-state index is 0.00982. The lowest BCUT2D eigenvalue weighted by Gasteiger charge is -2.19. The standard InChI is InChI=1S/C21H24ClN5O4/c1-11(2)31-20-25-18(26-27-20)17-15(22)7-13(8-24-17)14-9-23-16(6-12(14)3)30-10-21(4,5)19(28)29/h6-9,11H,10H2,1-5H3,(H,28,29)(H,25,26,27). The van der Waals surface area contributed by atoms with Crippen LogP contribution in [0.4, 0.5) is 0 Å². The summed E-state index contributed by atoms with van der Waals surface area (Å²) < 4.78 is 11.0. The van der Waals surface area contributed by atoms with Gasteiger partial charge in [-0.1, -0.05) is 11.6 Å². The average molecular weight is 446 g/mol. The van der Waals surface area contributed by atoms with Crippen LogP contribution >= 0.6 is 11.6 Å². The molecule has 3 rings (SSSR count). The van der Waals surface area contributed by atoms with Crippen molar-refractivity contribution in [3.63, 3.8) is 0 Å². The number of hydrogen-bond donors (Lipinski definition) is 2. The summed E-state index contributed by atoms with van der Waals surface area (Å²) in [4.78, 5) is 24.2. The van der Waals surface area contributed by atoms with Gasteiger partial charge in [-0.3, -0.25) is 14.9 Å². The van der Waals surface area contributed by atoms with Crippen LogP contribution in [0.25, 0.3) is 22.6 Å². The highest BCUT2D eigenvalue weighted by molar-refractivity contribution is 6.33. The molecule has 0 saturated heterocycles. The van der Waals surface area contributed by atoms with Gasteiger partial charge in [0, 0.05) is 29.6 Å². The first-order chi connectivity index (χ1) is 14.6.